The Morgan fingerprint density at radius 2 is 1.42 bits per heavy atom. The van der Waals surface area contributed by atoms with E-state index in [9.17, 15) is 19.2 Å². The van der Waals surface area contributed by atoms with Crippen molar-refractivity contribution in [2.75, 3.05) is 6.54 Å². The number of carbonyl (C=O) groups is 4. The van der Waals surface area contributed by atoms with Crippen molar-refractivity contribution in [1.82, 2.24) is 15.8 Å². The molecule has 0 bridgehead atoms. The fraction of sp³-hybridized carbons (Fsp3) is 0.0588. The van der Waals surface area contributed by atoms with Crippen molar-refractivity contribution in [3.8, 4) is 0 Å². The molecule has 2 aromatic carbocycles. The molecule has 3 rings (SSSR count). The number of benzene rings is 2. The zero-order valence-corrected chi connectivity index (χ0v) is 14.6. The minimum Gasteiger partial charge on any atom is -0.271 e. The third-order valence-corrected chi connectivity index (χ3v) is 4.39. The molecule has 2 aromatic rings. The van der Waals surface area contributed by atoms with Gasteiger partial charge in [-0.1, -0.05) is 41.4 Å². The maximum atomic E-state index is 12.3. The lowest BCUT2D eigenvalue weighted by Crippen LogP contribution is -2.47. The average molecular weight is 392 g/mol. The number of halogens is 2. The van der Waals surface area contributed by atoms with E-state index >= 15 is 0 Å². The zero-order valence-electron chi connectivity index (χ0n) is 13.1. The molecule has 0 saturated heterocycles. The highest BCUT2D eigenvalue weighted by molar-refractivity contribution is 6.43. The molecule has 1 aliphatic rings. The lowest BCUT2D eigenvalue weighted by Gasteiger charge is -2.14. The van der Waals surface area contributed by atoms with Crippen LogP contribution in [0.2, 0.25) is 10.0 Å². The first-order chi connectivity index (χ1) is 12.4. The summed E-state index contributed by atoms with van der Waals surface area (Å²) in [6.45, 7) is -0.559. The third-order valence-electron chi connectivity index (χ3n) is 3.66. The molecular formula is C17H11Cl2N3O4. The molecular weight excluding hydrogens is 381 g/mol. The van der Waals surface area contributed by atoms with Gasteiger partial charge in [-0.15, -0.1) is 0 Å². The Bertz CT molecular complexity index is 890. The molecule has 26 heavy (non-hydrogen) atoms. The van der Waals surface area contributed by atoms with Gasteiger partial charge in [0.05, 0.1) is 21.2 Å². The van der Waals surface area contributed by atoms with Crippen LogP contribution >= 0.6 is 23.2 Å². The minimum atomic E-state index is -0.735. The van der Waals surface area contributed by atoms with E-state index in [0.29, 0.717) is 5.56 Å². The molecule has 9 heteroatoms. The van der Waals surface area contributed by atoms with E-state index in [1.165, 1.54) is 12.1 Å². The fourth-order valence-corrected chi connectivity index (χ4v) is 2.73. The maximum absolute atomic E-state index is 12.3. The first kappa shape index (κ1) is 17.9. The summed E-state index contributed by atoms with van der Waals surface area (Å²) in [4.78, 5) is 49.2. The van der Waals surface area contributed by atoms with E-state index in [0.717, 1.165) is 4.90 Å². The third kappa shape index (κ3) is 3.40. The summed E-state index contributed by atoms with van der Waals surface area (Å²) in [6.07, 6.45) is 0. The molecule has 7 nitrogen and oxygen atoms in total. The van der Waals surface area contributed by atoms with Gasteiger partial charge in [0.2, 0.25) is 0 Å². The highest BCUT2D eigenvalue weighted by Crippen LogP contribution is 2.31. The van der Waals surface area contributed by atoms with Crippen LogP contribution in [0.1, 0.15) is 31.1 Å². The summed E-state index contributed by atoms with van der Waals surface area (Å²) in [6, 6.07) is 10.8. The number of hydrogen-bond donors (Lipinski definition) is 2. The van der Waals surface area contributed by atoms with Gasteiger partial charge in [0.15, 0.2) is 0 Å². The number of carbonyl (C=O) groups excluding carboxylic acids is 4. The van der Waals surface area contributed by atoms with Crippen LogP contribution in [0.5, 0.6) is 0 Å². The largest absolute Gasteiger partial charge is 0.271 e. The highest BCUT2D eigenvalue weighted by Gasteiger charge is 2.37. The predicted octanol–water partition coefficient (Wildman–Crippen LogP) is 2.05. The van der Waals surface area contributed by atoms with E-state index in [1.54, 1.807) is 30.3 Å². The van der Waals surface area contributed by atoms with E-state index < -0.39 is 30.2 Å². The summed E-state index contributed by atoms with van der Waals surface area (Å²) in [5, 5.41) is 0.265. The number of fused-ring (bicyclic) bond motifs is 1. The molecule has 132 valence electrons. The number of amides is 4. The molecule has 0 radical (unpaired) electrons. The monoisotopic (exact) mass is 391 g/mol. The lowest BCUT2D eigenvalue weighted by atomic mass is 10.1. The van der Waals surface area contributed by atoms with Gasteiger partial charge in [-0.05, 0) is 24.3 Å². The van der Waals surface area contributed by atoms with Gasteiger partial charge in [-0.25, -0.2) is 0 Å². The smallest absolute Gasteiger partial charge is 0.269 e. The summed E-state index contributed by atoms with van der Waals surface area (Å²) in [5.41, 5.74) is 4.87. The van der Waals surface area contributed by atoms with Crippen molar-refractivity contribution in [2.24, 2.45) is 0 Å². The Morgan fingerprint density at radius 3 is 1.96 bits per heavy atom. The zero-order chi connectivity index (χ0) is 18.8. The Balaban J connectivity index is 1.64. The quantitative estimate of drug-likeness (QED) is 0.618. The van der Waals surface area contributed by atoms with Gasteiger partial charge in [0.1, 0.15) is 6.54 Å². The standard InChI is InChI=1S/C17H11Cl2N3O4/c18-12-6-10-11(7-13(12)19)17(26)22(16(10)25)8-14(23)20-21-15(24)9-4-2-1-3-5-9/h1-7H,8H2,(H,20,23)(H,21,24). The van der Waals surface area contributed by atoms with E-state index in [2.05, 4.69) is 10.9 Å². The van der Waals surface area contributed by atoms with E-state index in [-0.39, 0.29) is 21.2 Å². The second-order valence-corrected chi connectivity index (χ2v) is 6.19. The SMILES string of the molecule is O=C(CN1C(=O)c2cc(Cl)c(Cl)cc2C1=O)NNC(=O)c1ccccc1. The molecule has 1 aliphatic heterocycles. The summed E-state index contributed by atoms with van der Waals surface area (Å²) >= 11 is 11.7. The first-order valence-corrected chi connectivity index (χ1v) is 8.13. The van der Waals surface area contributed by atoms with Crippen LogP contribution in [0.3, 0.4) is 0 Å². The number of rotatable bonds is 3. The molecule has 0 spiro atoms. The van der Waals surface area contributed by atoms with Crippen LogP contribution in [-0.2, 0) is 4.79 Å². The van der Waals surface area contributed by atoms with Crippen LogP contribution in [0, 0.1) is 0 Å². The van der Waals surface area contributed by atoms with Crippen molar-refractivity contribution in [3.05, 3.63) is 69.2 Å². The molecule has 4 amide bonds. The Labute approximate surface area is 157 Å². The van der Waals surface area contributed by atoms with Crippen molar-refractivity contribution >= 4 is 46.8 Å². The second kappa shape index (κ2) is 7.15. The fourth-order valence-electron chi connectivity index (χ4n) is 2.40. The Kier molecular flexibility index (Phi) is 4.92. The van der Waals surface area contributed by atoms with E-state index in [1.807, 2.05) is 0 Å². The molecule has 0 unspecified atom stereocenters. The van der Waals surface area contributed by atoms with Gasteiger partial charge in [-0.3, -0.25) is 34.9 Å². The van der Waals surface area contributed by atoms with Gasteiger partial charge in [0.25, 0.3) is 23.6 Å². The van der Waals surface area contributed by atoms with Gasteiger partial charge >= 0.3 is 0 Å². The summed E-state index contributed by atoms with van der Waals surface area (Å²) in [7, 11) is 0. The topological polar surface area (TPSA) is 95.6 Å². The predicted molar refractivity (Wildman–Crippen MR) is 93.9 cm³/mol. The molecule has 0 saturated carbocycles. The minimum absolute atomic E-state index is 0.0746. The number of imide groups is 1. The number of nitrogens with zero attached hydrogens (tertiary/aromatic N) is 1. The molecule has 0 aromatic heterocycles. The van der Waals surface area contributed by atoms with E-state index in [4.69, 9.17) is 23.2 Å². The van der Waals surface area contributed by atoms with Crippen LogP contribution < -0.4 is 10.9 Å². The maximum Gasteiger partial charge on any atom is 0.269 e. The normalized spacial score (nSPS) is 12.8. The number of nitrogens with one attached hydrogen (secondary N) is 2. The van der Waals surface area contributed by atoms with Crippen LogP contribution in [0.25, 0.3) is 0 Å². The van der Waals surface area contributed by atoms with Crippen LogP contribution in [0.4, 0.5) is 0 Å². The molecule has 0 fully saturated rings. The number of hydrazine groups is 1. The first-order valence-electron chi connectivity index (χ1n) is 7.38. The molecule has 2 N–H and O–H groups in total. The molecule has 0 aliphatic carbocycles. The molecule has 1 heterocycles. The van der Waals surface area contributed by atoms with Crippen molar-refractivity contribution in [3.63, 3.8) is 0 Å². The lowest BCUT2D eigenvalue weighted by molar-refractivity contribution is -0.122. The summed E-state index contributed by atoms with van der Waals surface area (Å²) in [5.74, 6) is -2.58. The second-order valence-electron chi connectivity index (χ2n) is 5.38. The molecule has 0 atom stereocenters. The highest BCUT2D eigenvalue weighted by atomic mass is 35.5. The van der Waals surface area contributed by atoms with Crippen molar-refractivity contribution < 1.29 is 19.2 Å². The number of hydrogen-bond acceptors (Lipinski definition) is 4. The van der Waals surface area contributed by atoms with Crippen LogP contribution in [0.15, 0.2) is 42.5 Å². The van der Waals surface area contributed by atoms with Gasteiger partial charge < -0.3 is 0 Å². The van der Waals surface area contributed by atoms with Crippen molar-refractivity contribution in [1.29, 1.82) is 0 Å². The average Bonchev–Trinajstić information content (AvgIpc) is 2.85. The van der Waals surface area contributed by atoms with Crippen LogP contribution in [-0.4, -0.2) is 35.1 Å². The van der Waals surface area contributed by atoms with Crippen molar-refractivity contribution in [2.45, 2.75) is 0 Å². The van der Waals surface area contributed by atoms with Gasteiger partial charge in [-0.2, -0.15) is 0 Å². The summed E-state index contributed by atoms with van der Waals surface area (Å²) < 4.78 is 0. The Morgan fingerprint density at radius 1 is 0.885 bits per heavy atom. The Hall–Kier alpha value is -2.90. The van der Waals surface area contributed by atoms with Gasteiger partial charge in [0, 0.05) is 5.56 Å².